The van der Waals surface area contributed by atoms with Gasteiger partial charge in [0.2, 0.25) is 0 Å². The van der Waals surface area contributed by atoms with Crippen LogP contribution in [-0.4, -0.2) is 8.07 Å². The third-order valence-electron chi connectivity index (χ3n) is 9.86. The van der Waals surface area contributed by atoms with Crippen molar-refractivity contribution in [1.82, 2.24) is 0 Å². The van der Waals surface area contributed by atoms with E-state index in [1.165, 1.54) is 71.9 Å². The second-order valence-corrected chi connectivity index (χ2v) is 17.3. The fraction of sp³-hybridized carbons (Fsp3) is 0.122. The first-order valence-corrected chi connectivity index (χ1v) is 18.3. The molecular formula is C41H35NSi. The summed E-state index contributed by atoms with van der Waals surface area (Å²) in [6.07, 6.45) is 0. The molecule has 1 heterocycles. The SMILES string of the molecule is CC1(C)c2ccccc2-c2cccc(N(c3ccc(-c4ccccc4)cc3)c3ccc4c(c3)[Si](C)(C)c3ccccc3-4)c21. The van der Waals surface area contributed by atoms with E-state index < -0.39 is 8.07 Å². The van der Waals surface area contributed by atoms with E-state index in [2.05, 4.69) is 171 Å². The van der Waals surface area contributed by atoms with E-state index in [1.807, 2.05) is 0 Å². The molecule has 1 aliphatic carbocycles. The van der Waals surface area contributed by atoms with Crippen LogP contribution in [0.5, 0.6) is 0 Å². The summed E-state index contributed by atoms with van der Waals surface area (Å²) in [6, 6.07) is 51.8. The standard InChI is InChI=1S/C41H35NSi/c1-41(2)36-18-10-8-15-32(36)35-17-12-19-37(40(35)41)42(30-23-21-29(22-24-30)28-13-6-5-7-14-28)31-25-26-34-33-16-9-11-20-38(33)43(3,4)39(34)27-31/h5-27H,1-4H3. The van der Waals surface area contributed by atoms with Gasteiger partial charge in [-0.15, -0.1) is 0 Å². The number of hydrogen-bond donors (Lipinski definition) is 0. The van der Waals surface area contributed by atoms with Gasteiger partial charge >= 0.3 is 0 Å². The molecule has 0 bridgehead atoms. The van der Waals surface area contributed by atoms with Crippen molar-refractivity contribution >= 4 is 35.5 Å². The van der Waals surface area contributed by atoms with E-state index in [1.54, 1.807) is 0 Å². The monoisotopic (exact) mass is 569 g/mol. The first kappa shape index (κ1) is 26.0. The quantitative estimate of drug-likeness (QED) is 0.191. The molecule has 8 rings (SSSR count). The van der Waals surface area contributed by atoms with Gasteiger partial charge in [0.25, 0.3) is 0 Å². The van der Waals surface area contributed by atoms with Crippen molar-refractivity contribution in [2.75, 3.05) is 4.90 Å². The number of hydrogen-bond acceptors (Lipinski definition) is 1. The third-order valence-corrected chi connectivity index (χ3v) is 13.4. The van der Waals surface area contributed by atoms with Gasteiger partial charge in [-0.25, -0.2) is 0 Å². The predicted molar refractivity (Wildman–Crippen MR) is 186 cm³/mol. The van der Waals surface area contributed by atoms with Crippen LogP contribution in [0.4, 0.5) is 17.1 Å². The molecule has 0 spiro atoms. The molecule has 6 aromatic carbocycles. The molecule has 0 aromatic heterocycles. The highest BCUT2D eigenvalue weighted by Gasteiger charge is 2.40. The molecule has 0 unspecified atom stereocenters. The number of benzene rings is 6. The van der Waals surface area contributed by atoms with Gasteiger partial charge in [0.1, 0.15) is 8.07 Å². The van der Waals surface area contributed by atoms with Crippen molar-refractivity contribution in [3.05, 3.63) is 151 Å². The Morgan fingerprint density at radius 1 is 0.488 bits per heavy atom. The van der Waals surface area contributed by atoms with Gasteiger partial charge in [-0.3, -0.25) is 0 Å². The van der Waals surface area contributed by atoms with Gasteiger partial charge in [0, 0.05) is 16.8 Å². The first-order chi connectivity index (χ1) is 20.9. The molecule has 0 atom stereocenters. The zero-order chi connectivity index (χ0) is 29.3. The molecule has 208 valence electrons. The van der Waals surface area contributed by atoms with Crippen molar-refractivity contribution < 1.29 is 0 Å². The summed E-state index contributed by atoms with van der Waals surface area (Å²) in [5, 5.41) is 3.06. The summed E-state index contributed by atoms with van der Waals surface area (Å²) in [5.74, 6) is 0. The number of anilines is 3. The lowest BCUT2D eigenvalue weighted by atomic mass is 9.81. The van der Waals surface area contributed by atoms with Crippen molar-refractivity contribution in [3.63, 3.8) is 0 Å². The van der Waals surface area contributed by atoms with Gasteiger partial charge in [-0.05, 0) is 85.2 Å². The summed E-state index contributed by atoms with van der Waals surface area (Å²) >= 11 is 0. The van der Waals surface area contributed by atoms with Crippen molar-refractivity contribution in [2.24, 2.45) is 0 Å². The third kappa shape index (κ3) is 3.83. The van der Waals surface area contributed by atoms with Crippen LogP contribution in [0.1, 0.15) is 25.0 Å². The van der Waals surface area contributed by atoms with Crippen LogP contribution in [0, 0.1) is 0 Å². The van der Waals surface area contributed by atoms with Crippen molar-refractivity contribution in [2.45, 2.75) is 32.4 Å². The molecule has 2 aliphatic rings. The maximum atomic E-state index is 2.51. The normalized spacial score (nSPS) is 14.9. The maximum Gasteiger partial charge on any atom is 0.113 e. The van der Waals surface area contributed by atoms with Crippen LogP contribution in [0.2, 0.25) is 13.1 Å². The zero-order valence-corrected chi connectivity index (χ0v) is 26.2. The Labute approximate surface area is 256 Å². The van der Waals surface area contributed by atoms with Crippen LogP contribution >= 0.6 is 0 Å². The molecule has 0 radical (unpaired) electrons. The average Bonchev–Trinajstić information content (AvgIpc) is 3.42. The van der Waals surface area contributed by atoms with Gasteiger partial charge in [0.05, 0.1) is 5.69 Å². The molecule has 0 saturated carbocycles. The average molecular weight is 570 g/mol. The summed E-state index contributed by atoms with van der Waals surface area (Å²) < 4.78 is 0. The second-order valence-electron chi connectivity index (χ2n) is 13.0. The Morgan fingerprint density at radius 2 is 1.09 bits per heavy atom. The van der Waals surface area contributed by atoms with Gasteiger partial charge in [-0.2, -0.15) is 0 Å². The maximum absolute atomic E-state index is 2.51. The van der Waals surface area contributed by atoms with Crippen LogP contribution in [0.25, 0.3) is 33.4 Å². The molecular weight excluding hydrogens is 535 g/mol. The van der Waals surface area contributed by atoms with E-state index in [9.17, 15) is 0 Å². The molecule has 1 nitrogen and oxygen atoms in total. The van der Waals surface area contributed by atoms with E-state index in [-0.39, 0.29) is 5.41 Å². The Morgan fingerprint density at radius 3 is 1.88 bits per heavy atom. The molecule has 2 heteroatoms. The van der Waals surface area contributed by atoms with Gasteiger partial charge in [-0.1, -0.05) is 136 Å². The Bertz CT molecular complexity index is 2020. The van der Waals surface area contributed by atoms with E-state index in [0.717, 1.165) is 0 Å². The lowest BCUT2D eigenvalue weighted by Crippen LogP contribution is -2.49. The minimum Gasteiger partial charge on any atom is -0.310 e. The molecule has 6 aromatic rings. The zero-order valence-electron chi connectivity index (χ0n) is 25.2. The highest BCUT2D eigenvalue weighted by Crippen LogP contribution is 2.54. The Balaban J connectivity index is 1.35. The second kappa shape index (κ2) is 9.42. The van der Waals surface area contributed by atoms with Crippen LogP contribution in [0.3, 0.4) is 0 Å². The Hall–Kier alpha value is -4.66. The molecule has 0 amide bonds. The first-order valence-electron chi connectivity index (χ1n) is 15.3. The van der Waals surface area contributed by atoms with Gasteiger partial charge in [0.15, 0.2) is 0 Å². The Kier molecular flexibility index (Phi) is 5.70. The molecule has 0 N–H and O–H groups in total. The molecule has 0 saturated heterocycles. The largest absolute Gasteiger partial charge is 0.310 e. The summed E-state index contributed by atoms with van der Waals surface area (Å²) in [4.78, 5) is 2.51. The minimum absolute atomic E-state index is 0.119. The number of fused-ring (bicyclic) bond motifs is 6. The molecule has 43 heavy (non-hydrogen) atoms. The summed E-state index contributed by atoms with van der Waals surface area (Å²) in [6.45, 7) is 9.77. The minimum atomic E-state index is -1.84. The molecule has 0 fully saturated rings. The van der Waals surface area contributed by atoms with Gasteiger partial charge < -0.3 is 4.90 Å². The van der Waals surface area contributed by atoms with E-state index in [0.29, 0.717) is 0 Å². The fourth-order valence-corrected chi connectivity index (χ4v) is 10.8. The van der Waals surface area contributed by atoms with E-state index >= 15 is 0 Å². The topological polar surface area (TPSA) is 3.24 Å². The van der Waals surface area contributed by atoms with Crippen LogP contribution in [-0.2, 0) is 5.41 Å². The van der Waals surface area contributed by atoms with Crippen molar-refractivity contribution in [1.29, 1.82) is 0 Å². The van der Waals surface area contributed by atoms with Crippen LogP contribution < -0.4 is 15.3 Å². The lowest BCUT2D eigenvalue weighted by Gasteiger charge is -2.33. The fourth-order valence-electron chi connectivity index (χ4n) is 7.70. The highest BCUT2D eigenvalue weighted by molar-refractivity contribution is 7.03. The number of rotatable bonds is 4. The highest BCUT2D eigenvalue weighted by atomic mass is 28.3. The van der Waals surface area contributed by atoms with E-state index in [4.69, 9.17) is 0 Å². The smallest absolute Gasteiger partial charge is 0.113 e. The predicted octanol–water partition coefficient (Wildman–Crippen LogP) is 9.93. The number of nitrogens with zero attached hydrogens (tertiary/aromatic N) is 1. The van der Waals surface area contributed by atoms with Crippen LogP contribution in [0.15, 0.2) is 140 Å². The summed E-state index contributed by atoms with van der Waals surface area (Å²) in [7, 11) is -1.84. The lowest BCUT2D eigenvalue weighted by molar-refractivity contribution is 0.661. The summed E-state index contributed by atoms with van der Waals surface area (Å²) in [5.41, 5.74) is 14.3. The molecule has 1 aliphatic heterocycles. The van der Waals surface area contributed by atoms with Crippen molar-refractivity contribution in [3.8, 4) is 33.4 Å².